The highest BCUT2D eigenvalue weighted by Crippen LogP contribution is 2.34. The Morgan fingerprint density at radius 1 is 0.818 bits per heavy atom. The normalized spacial score (nSPS) is 12.2. The van der Waals surface area contributed by atoms with Gasteiger partial charge in [0.25, 0.3) is 0 Å². The van der Waals surface area contributed by atoms with Gasteiger partial charge in [-0.2, -0.15) is 5.10 Å². The fourth-order valence-electron chi connectivity index (χ4n) is 5.27. The summed E-state index contributed by atoms with van der Waals surface area (Å²) in [4.78, 5) is 17.6. The molecule has 0 saturated carbocycles. The zero-order chi connectivity index (χ0) is 30.8. The number of pyridine rings is 1. The zero-order valence-corrected chi connectivity index (χ0v) is 25.4. The van der Waals surface area contributed by atoms with Crippen LogP contribution < -0.4 is 16.4 Å². The lowest BCUT2D eigenvalue weighted by atomic mass is 9.92. The summed E-state index contributed by atoms with van der Waals surface area (Å²) in [6.07, 6.45) is 3.55. The van der Waals surface area contributed by atoms with E-state index < -0.39 is 0 Å². The molecule has 7 heteroatoms. The van der Waals surface area contributed by atoms with Crippen LogP contribution in [0, 0.1) is 6.92 Å². The monoisotopic (exact) mass is 580 g/mol. The third-order valence-electron chi connectivity index (χ3n) is 7.79. The predicted molar refractivity (Wildman–Crippen MR) is 179 cm³/mol. The highest BCUT2D eigenvalue weighted by molar-refractivity contribution is 6.09. The molecule has 6 rings (SSSR count). The van der Waals surface area contributed by atoms with E-state index in [4.69, 9.17) is 10.8 Å². The van der Waals surface area contributed by atoms with Crippen molar-refractivity contribution in [3.63, 3.8) is 0 Å². The number of amides is 2. The minimum atomic E-state index is -0.342. The van der Waals surface area contributed by atoms with Crippen LogP contribution in [0.5, 0.6) is 0 Å². The van der Waals surface area contributed by atoms with Gasteiger partial charge in [0.1, 0.15) is 5.82 Å². The Kier molecular flexibility index (Phi) is 7.72. The third kappa shape index (κ3) is 5.96. The molecule has 0 aliphatic rings. The molecule has 220 valence electrons. The molecule has 0 bridgehead atoms. The first kappa shape index (κ1) is 28.8. The Labute approximate surface area is 257 Å². The molecular formula is C37H36N6O. The van der Waals surface area contributed by atoms with E-state index in [9.17, 15) is 4.79 Å². The summed E-state index contributed by atoms with van der Waals surface area (Å²) in [5.41, 5.74) is 14.1. The summed E-state index contributed by atoms with van der Waals surface area (Å²) in [7, 11) is 0. The smallest absolute Gasteiger partial charge is 0.320 e. The largest absolute Gasteiger partial charge is 0.324 e. The number of aromatic nitrogens is 3. The molecule has 44 heavy (non-hydrogen) atoms. The Balaban J connectivity index is 1.27. The molecule has 7 nitrogen and oxygen atoms in total. The topological polar surface area (TPSA) is 97.9 Å². The number of aryl methyl sites for hydroxylation is 1. The molecular weight excluding hydrogens is 544 g/mol. The molecule has 1 atom stereocenters. The van der Waals surface area contributed by atoms with Gasteiger partial charge in [0.2, 0.25) is 0 Å². The van der Waals surface area contributed by atoms with Crippen LogP contribution in [-0.4, -0.2) is 20.8 Å². The van der Waals surface area contributed by atoms with Crippen LogP contribution >= 0.6 is 0 Å². The average Bonchev–Trinajstić information content (AvgIpc) is 3.46. The lowest BCUT2D eigenvalue weighted by Gasteiger charge is -2.15. The SMILES string of the molecule is Cc1ccc(-n2nc(C(C)(C)C)cc2NC(=O)Nc2ccc(-c3ccc(C(N)c4cccnc4)cc3)c3ccccc23)cc1. The number of carbonyl (C=O) groups is 1. The number of fused-ring (bicyclic) bond motifs is 1. The predicted octanol–water partition coefficient (Wildman–Crippen LogP) is 8.39. The van der Waals surface area contributed by atoms with E-state index in [1.807, 2.05) is 79.7 Å². The van der Waals surface area contributed by atoms with Crippen LogP contribution in [0.4, 0.5) is 16.3 Å². The van der Waals surface area contributed by atoms with E-state index in [-0.39, 0.29) is 17.5 Å². The van der Waals surface area contributed by atoms with Crippen molar-refractivity contribution in [2.75, 3.05) is 10.6 Å². The Morgan fingerprint density at radius 3 is 2.23 bits per heavy atom. The number of hydrogen-bond donors (Lipinski definition) is 3. The number of nitrogens with two attached hydrogens (primary N) is 1. The van der Waals surface area contributed by atoms with Gasteiger partial charge >= 0.3 is 6.03 Å². The Hall–Kier alpha value is -5.27. The Bertz CT molecular complexity index is 1920. The third-order valence-corrected chi connectivity index (χ3v) is 7.79. The van der Waals surface area contributed by atoms with E-state index >= 15 is 0 Å². The highest BCUT2D eigenvalue weighted by Gasteiger charge is 2.22. The van der Waals surface area contributed by atoms with Crippen molar-refractivity contribution in [3.8, 4) is 16.8 Å². The summed E-state index contributed by atoms with van der Waals surface area (Å²) in [5, 5.41) is 12.9. The van der Waals surface area contributed by atoms with Crippen molar-refractivity contribution in [1.29, 1.82) is 0 Å². The van der Waals surface area contributed by atoms with Crippen LogP contribution in [0.25, 0.3) is 27.6 Å². The van der Waals surface area contributed by atoms with Gasteiger partial charge in [-0.1, -0.05) is 99.1 Å². The Morgan fingerprint density at radius 2 is 1.55 bits per heavy atom. The van der Waals surface area contributed by atoms with Gasteiger partial charge in [-0.15, -0.1) is 0 Å². The number of nitrogens with zero attached hydrogens (tertiary/aromatic N) is 3. The molecule has 2 aromatic heterocycles. The van der Waals surface area contributed by atoms with Crippen LogP contribution in [-0.2, 0) is 5.41 Å². The first-order chi connectivity index (χ1) is 21.2. The molecule has 0 spiro atoms. The van der Waals surface area contributed by atoms with Gasteiger partial charge in [0.05, 0.1) is 23.1 Å². The molecule has 0 aliphatic carbocycles. The van der Waals surface area contributed by atoms with E-state index in [0.29, 0.717) is 5.82 Å². The van der Waals surface area contributed by atoms with E-state index in [1.165, 1.54) is 0 Å². The maximum Gasteiger partial charge on any atom is 0.324 e. The molecule has 4 N–H and O–H groups in total. The van der Waals surface area contributed by atoms with Crippen LogP contribution in [0.15, 0.2) is 116 Å². The quantitative estimate of drug-likeness (QED) is 0.184. The molecule has 0 radical (unpaired) electrons. The summed E-state index contributed by atoms with van der Waals surface area (Å²) in [6, 6.07) is 33.7. The maximum absolute atomic E-state index is 13.4. The average molecular weight is 581 g/mol. The summed E-state index contributed by atoms with van der Waals surface area (Å²) in [5.74, 6) is 0.599. The van der Waals surface area contributed by atoms with Crippen LogP contribution in [0.2, 0.25) is 0 Å². The lowest BCUT2D eigenvalue weighted by Crippen LogP contribution is -2.21. The highest BCUT2D eigenvalue weighted by atomic mass is 16.2. The first-order valence-electron chi connectivity index (χ1n) is 14.7. The summed E-state index contributed by atoms with van der Waals surface area (Å²) < 4.78 is 1.78. The van der Waals surface area contributed by atoms with Crippen LogP contribution in [0.1, 0.15) is 49.2 Å². The number of rotatable bonds is 6. The number of carbonyl (C=O) groups excluding carboxylic acids is 1. The van der Waals surface area contributed by atoms with Gasteiger partial charge in [-0.05, 0) is 58.8 Å². The van der Waals surface area contributed by atoms with Crippen molar-refractivity contribution in [2.24, 2.45) is 5.73 Å². The van der Waals surface area contributed by atoms with Crippen molar-refractivity contribution in [1.82, 2.24) is 14.8 Å². The number of hydrogen-bond acceptors (Lipinski definition) is 4. The second-order valence-corrected chi connectivity index (χ2v) is 12.1. The van der Waals surface area contributed by atoms with E-state index in [0.717, 1.165) is 55.7 Å². The molecule has 6 aromatic rings. The number of anilines is 2. The maximum atomic E-state index is 13.4. The van der Waals surface area contributed by atoms with Gasteiger partial charge in [0, 0.05) is 29.3 Å². The second kappa shape index (κ2) is 11.8. The molecule has 0 saturated heterocycles. The summed E-state index contributed by atoms with van der Waals surface area (Å²) >= 11 is 0. The molecule has 0 fully saturated rings. The molecule has 2 amide bonds. The minimum absolute atomic E-state index is 0.184. The van der Waals surface area contributed by atoms with Crippen molar-refractivity contribution >= 4 is 28.3 Å². The molecule has 1 unspecified atom stereocenters. The second-order valence-electron chi connectivity index (χ2n) is 12.1. The van der Waals surface area contributed by atoms with E-state index in [1.54, 1.807) is 17.1 Å². The fraction of sp³-hybridized carbons (Fsp3) is 0.162. The zero-order valence-electron chi connectivity index (χ0n) is 25.4. The number of benzene rings is 4. The lowest BCUT2D eigenvalue weighted by molar-refractivity contribution is 0.262. The number of nitrogens with one attached hydrogen (secondary N) is 2. The molecule has 0 aliphatic heterocycles. The van der Waals surface area contributed by atoms with E-state index in [2.05, 4.69) is 66.7 Å². The summed E-state index contributed by atoms with van der Waals surface area (Å²) in [6.45, 7) is 8.36. The van der Waals surface area contributed by atoms with Gasteiger partial charge < -0.3 is 11.1 Å². The van der Waals surface area contributed by atoms with Gasteiger partial charge in [-0.3, -0.25) is 10.3 Å². The molecule has 4 aromatic carbocycles. The number of urea groups is 1. The van der Waals surface area contributed by atoms with Crippen molar-refractivity contribution < 1.29 is 4.79 Å². The first-order valence-corrected chi connectivity index (χ1v) is 14.7. The van der Waals surface area contributed by atoms with Crippen LogP contribution in [0.3, 0.4) is 0 Å². The van der Waals surface area contributed by atoms with Gasteiger partial charge in [0.15, 0.2) is 0 Å². The fourth-order valence-corrected chi connectivity index (χ4v) is 5.27. The molecule has 2 heterocycles. The standard InChI is InChI=1S/C37H36N6O/c1-24-11-17-28(18-12-24)43-34(22-33(42-43)37(2,3)4)41-36(44)40-32-20-19-29(30-9-5-6-10-31(30)32)25-13-15-26(16-14-25)35(38)27-8-7-21-39-23-27/h5-23,35H,38H2,1-4H3,(H2,40,41,44). The van der Waals surface area contributed by atoms with Crippen molar-refractivity contribution in [2.45, 2.75) is 39.2 Å². The minimum Gasteiger partial charge on any atom is -0.320 e. The van der Waals surface area contributed by atoms with Crippen molar-refractivity contribution in [3.05, 3.63) is 138 Å². The van der Waals surface area contributed by atoms with Gasteiger partial charge in [-0.25, -0.2) is 9.48 Å².